The highest BCUT2D eigenvalue weighted by atomic mass is 19.1. The summed E-state index contributed by atoms with van der Waals surface area (Å²) in [4.78, 5) is 15.1. The van der Waals surface area contributed by atoms with Gasteiger partial charge in [0.15, 0.2) is 6.10 Å². The Morgan fingerprint density at radius 1 is 1.16 bits per heavy atom. The van der Waals surface area contributed by atoms with Crippen LogP contribution in [-0.2, 0) is 9.53 Å². The van der Waals surface area contributed by atoms with Crippen LogP contribution in [0, 0.1) is 12.7 Å². The number of carbonyl (C=O) groups is 1. The predicted octanol–water partition coefficient (Wildman–Crippen LogP) is 4.21. The zero-order valence-corrected chi connectivity index (χ0v) is 18.9. The Balaban J connectivity index is 1.68. The second-order valence-electron chi connectivity index (χ2n) is 8.42. The summed E-state index contributed by atoms with van der Waals surface area (Å²) < 4.78 is 25.4. The maximum atomic E-state index is 13.8. The number of amides is 1. The SMILES string of the molecule is Cc1ccc(C(C)C)c(OC(C)C(=O)NCC(c2cccc(F)c2)N2CCOCC2)c1. The number of hydrogen-bond donors (Lipinski definition) is 1. The highest BCUT2D eigenvalue weighted by Crippen LogP contribution is 2.28. The van der Waals surface area contributed by atoms with Crippen molar-refractivity contribution in [3.05, 3.63) is 65.0 Å². The molecule has 168 valence electrons. The monoisotopic (exact) mass is 428 g/mol. The number of morpholine rings is 1. The van der Waals surface area contributed by atoms with Crippen molar-refractivity contribution < 1.29 is 18.7 Å². The molecule has 2 aromatic carbocycles. The lowest BCUT2D eigenvalue weighted by Gasteiger charge is -2.35. The van der Waals surface area contributed by atoms with Gasteiger partial charge < -0.3 is 14.8 Å². The first-order chi connectivity index (χ1) is 14.8. The van der Waals surface area contributed by atoms with Gasteiger partial charge in [0.2, 0.25) is 0 Å². The molecule has 1 fully saturated rings. The van der Waals surface area contributed by atoms with Crippen LogP contribution in [0.4, 0.5) is 4.39 Å². The van der Waals surface area contributed by atoms with Crippen LogP contribution in [0.3, 0.4) is 0 Å². The molecular formula is C25H33FN2O3. The minimum Gasteiger partial charge on any atom is -0.481 e. The van der Waals surface area contributed by atoms with E-state index in [1.54, 1.807) is 13.0 Å². The molecule has 0 radical (unpaired) electrons. The Labute approximate surface area is 184 Å². The number of benzene rings is 2. The predicted molar refractivity (Wildman–Crippen MR) is 120 cm³/mol. The molecule has 6 heteroatoms. The summed E-state index contributed by atoms with van der Waals surface area (Å²) in [6.07, 6.45) is -0.642. The maximum absolute atomic E-state index is 13.8. The Bertz CT molecular complexity index is 881. The molecule has 31 heavy (non-hydrogen) atoms. The molecular weight excluding hydrogens is 395 g/mol. The van der Waals surface area contributed by atoms with Crippen LogP contribution in [0.2, 0.25) is 0 Å². The van der Waals surface area contributed by atoms with Gasteiger partial charge in [-0.2, -0.15) is 0 Å². The molecule has 1 aliphatic heterocycles. The highest BCUT2D eigenvalue weighted by molar-refractivity contribution is 5.80. The number of aryl methyl sites for hydroxylation is 1. The van der Waals surface area contributed by atoms with Crippen molar-refractivity contribution in [2.45, 2.75) is 45.8 Å². The lowest BCUT2D eigenvalue weighted by atomic mass is 10.0. The average Bonchev–Trinajstić information content (AvgIpc) is 2.74. The van der Waals surface area contributed by atoms with Crippen molar-refractivity contribution >= 4 is 5.91 Å². The fourth-order valence-corrected chi connectivity index (χ4v) is 3.87. The Kier molecular flexibility index (Phi) is 8.04. The van der Waals surface area contributed by atoms with Crippen LogP contribution in [0.25, 0.3) is 0 Å². The summed E-state index contributed by atoms with van der Waals surface area (Å²) in [6, 6.07) is 12.5. The van der Waals surface area contributed by atoms with E-state index in [2.05, 4.69) is 36.2 Å². The van der Waals surface area contributed by atoms with E-state index in [1.807, 2.05) is 19.1 Å². The standard InChI is InChI=1S/C25H33FN2O3/c1-17(2)22-9-8-18(3)14-24(22)31-19(4)25(29)27-16-23(28-10-12-30-13-11-28)20-6-5-7-21(26)15-20/h5-9,14-15,17,19,23H,10-13,16H2,1-4H3,(H,27,29). The highest BCUT2D eigenvalue weighted by Gasteiger charge is 2.25. The lowest BCUT2D eigenvalue weighted by Crippen LogP contribution is -2.46. The van der Waals surface area contributed by atoms with Crippen molar-refractivity contribution in [2.24, 2.45) is 0 Å². The van der Waals surface area contributed by atoms with Gasteiger partial charge in [-0.3, -0.25) is 9.69 Å². The number of ether oxygens (including phenoxy) is 2. The van der Waals surface area contributed by atoms with Gasteiger partial charge in [-0.1, -0.05) is 38.1 Å². The molecule has 2 aromatic rings. The number of hydrogen-bond acceptors (Lipinski definition) is 4. The number of nitrogens with zero attached hydrogens (tertiary/aromatic N) is 1. The van der Waals surface area contributed by atoms with E-state index >= 15 is 0 Å². The van der Waals surface area contributed by atoms with Gasteiger partial charge >= 0.3 is 0 Å². The topological polar surface area (TPSA) is 50.8 Å². The molecule has 1 N–H and O–H groups in total. The van der Waals surface area contributed by atoms with Crippen molar-refractivity contribution in [1.29, 1.82) is 0 Å². The summed E-state index contributed by atoms with van der Waals surface area (Å²) in [6.45, 7) is 11.1. The molecule has 0 saturated carbocycles. The van der Waals surface area contributed by atoms with E-state index in [-0.39, 0.29) is 17.8 Å². The number of nitrogens with one attached hydrogen (secondary N) is 1. The quantitative estimate of drug-likeness (QED) is 0.684. The van der Waals surface area contributed by atoms with Crippen LogP contribution >= 0.6 is 0 Å². The third-order valence-electron chi connectivity index (χ3n) is 5.65. The van der Waals surface area contributed by atoms with Crippen LogP contribution in [0.15, 0.2) is 42.5 Å². The third kappa shape index (κ3) is 6.28. The second kappa shape index (κ2) is 10.7. The third-order valence-corrected chi connectivity index (χ3v) is 5.65. The lowest BCUT2D eigenvalue weighted by molar-refractivity contribution is -0.127. The first-order valence-electron chi connectivity index (χ1n) is 11.0. The van der Waals surface area contributed by atoms with Crippen LogP contribution in [-0.4, -0.2) is 49.8 Å². The van der Waals surface area contributed by atoms with Crippen LogP contribution in [0.1, 0.15) is 49.4 Å². The molecule has 1 amide bonds. The summed E-state index contributed by atoms with van der Waals surface area (Å²) >= 11 is 0. The molecule has 0 aliphatic carbocycles. The van der Waals surface area contributed by atoms with Gasteiger partial charge in [0.1, 0.15) is 11.6 Å². The Morgan fingerprint density at radius 2 is 1.90 bits per heavy atom. The number of halogens is 1. The van der Waals surface area contributed by atoms with Gasteiger partial charge in [-0.25, -0.2) is 4.39 Å². The zero-order valence-electron chi connectivity index (χ0n) is 18.9. The molecule has 2 unspecified atom stereocenters. The Hall–Kier alpha value is -2.44. The van der Waals surface area contributed by atoms with Crippen LogP contribution in [0.5, 0.6) is 5.75 Å². The fraction of sp³-hybridized carbons (Fsp3) is 0.480. The molecule has 1 saturated heterocycles. The summed E-state index contributed by atoms with van der Waals surface area (Å²) in [5.41, 5.74) is 3.01. The first kappa shape index (κ1) is 23.2. The fourth-order valence-electron chi connectivity index (χ4n) is 3.87. The number of rotatable bonds is 8. The summed E-state index contributed by atoms with van der Waals surface area (Å²) in [5.74, 6) is 0.572. The summed E-state index contributed by atoms with van der Waals surface area (Å²) in [7, 11) is 0. The first-order valence-corrected chi connectivity index (χ1v) is 11.0. The summed E-state index contributed by atoms with van der Waals surface area (Å²) in [5, 5.41) is 3.01. The second-order valence-corrected chi connectivity index (χ2v) is 8.42. The number of carbonyl (C=O) groups excluding carboxylic acids is 1. The minimum atomic E-state index is -0.642. The molecule has 2 atom stereocenters. The maximum Gasteiger partial charge on any atom is 0.260 e. The van der Waals surface area contributed by atoms with E-state index in [4.69, 9.17) is 9.47 Å². The van der Waals surface area contributed by atoms with E-state index in [0.717, 1.165) is 35.5 Å². The van der Waals surface area contributed by atoms with Gasteiger partial charge in [0.05, 0.1) is 19.3 Å². The molecule has 1 heterocycles. The van der Waals surface area contributed by atoms with E-state index in [0.29, 0.717) is 25.7 Å². The minimum absolute atomic E-state index is 0.124. The largest absolute Gasteiger partial charge is 0.481 e. The molecule has 5 nitrogen and oxygen atoms in total. The molecule has 0 bridgehead atoms. The smallest absolute Gasteiger partial charge is 0.260 e. The molecule has 0 spiro atoms. The van der Waals surface area contributed by atoms with Crippen molar-refractivity contribution in [3.63, 3.8) is 0 Å². The van der Waals surface area contributed by atoms with Gasteiger partial charge in [-0.05, 0) is 54.7 Å². The molecule has 0 aromatic heterocycles. The average molecular weight is 429 g/mol. The normalized spacial score (nSPS) is 16.7. The van der Waals surface area contributed by atoms with Gasteiger partial charge in [0.25, 0.3) is 5.91 Å². The van der Waals surface area contributed by atoms with Crippen molar-refractivity contribution in [2.75, 3.05) is 32.8 Å². The van der Waals surface area contributed by atoms with E-state index in [9.17, 15) is 9.18 Å². The Morgan fingerprint density at radius 3 is 2.58 bits per heavy atom. The van der Waals surface area contributed by atoms with Crippen LogP contribution < -0.4 is 10.1 Å². The van der Waals surface area contributed by atoms with E-state index in [1.165, 1.54) is 12.1 Å². The molecule has 1 aliphatic rings. The van der Waals surface area contributed by atoms with Gasteiger partial charge in [0, 0.05) is 19.6 Å². The van der Waals surface area contributed by atoms with E-state index < -0.39 is 6.10 Å². The molecule has 3 rings (SSSR count). The zero-order chi connectivity index (χ0) is 22.4. The van der Waals surface area contributed by atoms with Gasteiger partial charge in [-0.15, -0.1) is 0 Å². The van der Waals surface area contributed by atoms with Crippen molar-refractivity contribution in [3.8, 4) is 5.75 Å². The van der Waals surface area contributed by atoms with Crippen molar-refractivity contribution in [1.82, 2.24) is 10.2 Å².